The molecule has 0 nitrogen and oxygen atoms in total. The first kappa shape index (κ1) is 84.0. The minimum Gasteiger partial charge on any atom is -1.00 e. The molecular formula is AmCl4. The van der Waals surface area contributed by atoms with Gasteiger partial charge in [-0.2, -0.15) is 0 Å². The largest absolute Gasteiger partial charge is 4.00 e. The van der Waals surface area contributed by atoms with Gasteiger partial charge in [0.2, 0.25) is 0 Å². The quantitative estimate of drug-likeness (QED) is 0.389. The van der Waals surface area contributed by atoms with Gasteiger partial charge in [0.05, 0.1) is 0 Å². The van der Waals surface area contributed by atoms with Crippen LogP contribution in [0.1, 0.15) is 0 Å². The van der Waals surface area contributed by atoms with Gasteiger partial charge in [0.1, 0.15) is 0 Å². The first-order chi connectivity index (χ1) is 0. The molecule has 0 fully saturated rings. The molecule has 35 valence electrons. The van der Waals surface area contributed by atoms with E-state index >= 15 is 0 Å². The van der Waals surface area contributed by atoms with Crippen molar-refractivity contribution in [3.8, 4) is 0 Å². The molecule has 0 amide bonds. The molecule has 5 heteroatoms. The van der Waals surface area contributed by atoms with E-state index in [0.29, 0.717) is 0 Å². The molecule has 0 aliphatic heterocycles. The zero-order valence-electron chi connectivity index (χ0n) is 1.89. The van der Waals surface area contributed by atoms with Gasteiger partial charge in [-0.15, -0.1) is 0 Å². The summed E-state index contributed by atoms with van der Waals surface area (Å²) in [6.45, 7) is 0. The van der Waals surface area contributed by atoms with E-state index in [1.165, 1.54) is 0 Å². The van der Waals surface area contributed by atoms with Crippen molar-refractivity contribution in [2.75, 3.05) is 0 Å². The molecule has 0 aromatic rings. The maximum atomic E-state index is 0. The molecule has 1 radical (unpaired) electrons. The van der Waals surface area contributed by atoms with Gasteiger partial charge >= 0.3 is 14.3 Å². The number of halogens is 4. The summed E-state index contributed by atoms with van der Waals surface area (Å²) in [6.07, 6.45) is 0. The summed E-state index contributed by atoms with van der Waals surface area (Å²) >= 11 is 0. The molecule has 5 heavy (non-hydrogen) atoms. The van der Waals surface area contributed by atoms with E-state index in [1.807, 2.05) is 0 Å². The van der Waals surface area contributed by atoms with Crippen molar-refractivity contribution >= 4 is 0 Å². The molecule has 0 aromatic heterocycles. The van der Waals surface area contributed by atoms with E-state index in [0.717, 1.165) is 0 Å². The summed E-state index contributed by atoms with van der Waals surface area (Å²) in [7, 11) is 0. The minimum atomic E-state index is 0. The van der Waals surface area contributed by atoms with E-state index in [1.54, 1.807) is 0 Å². The molecule has 0 bridgehead atoms. The predicted molar refractivity (Wildman–Crippen MR) is 0 cm³/mol. The molecule has 0 rings (SSSR count). The predicted octanol–water partition coefficient (Wildman–Crippen LogP) is -12.0. The van der Waals surface area contributed by atoms with Crippen LogP contribution in [0, 0.1) is 14.3 Å². The van der Waals surface area contributed by atoms with Gasteiger partial charge in [-0.3, -0.25) is 0 Å². The molecule has 0 aliphatic rings. The summed E-state index contributed by atoms with van der Waals surface area (Å²) in [5, 5.41) is 0. The molecule has 0 unspecified atom stereocenters. The van der Waals surface area contributed by atoms with Crippen molar-refractivity contribution in [2.45, 2.75) is 0 Å². The van der Waals surface area contributed by atoms with Crippen LogP contribution >= 0.6 is 0 Å². The Hall–Kier alpha value is 1.55. The Morgan fingerprint density at radius 2 is 0.400 bits per heavy atom. The third-order valence-corrected chi connectivity index (χ3v) is 0. The van der Waals surface area contributed by atoms with Crippen molar-refractivity contribution in [3.05, 3.63) is 0 Å². The monoisotopic (exact) mass is 381 g/mol. The fourth-order valence-corrected chi connectivity index (χ4v) is 0. The van der Waals surface area contributed by atoms with Crippen molar-refractivity contribution in [1.29, 1.82) is 0 Å². The van der Waals surface area contributed by atoms with E-state index in [4.69, 9.17) is 0 Å². The van der Waals surface area contributed by atoms with Crippen LogP contribution in [0.5, 0.6) is 0 Å². The average molecular weight is 385 g/mol. The van der Waals surface area contributed by atoms with Gasteiger partial charge in [-0.05, 0) is 0 Å². The second-order valence-corrected chi connectivity index (χ2v) is 0. The third kappa shape index (κ3) is 29.1. The molecular weight excluding hydrogens is 385 g/mol. The first-order valence-corrected chi connectivity index (χ1v) is 0. The Kier molecular flexibility index (Phi) is 804. The fraction of sp³-hybridized carbons (Fsp3) is 0. The molecule has 0 saturated carbocycles. The van der Waals surface area contributed by atoms with Gasteiger partial charge in [0, 0.05) is 0 Å². The summed E-state index contributed by atoms with van der Waals surface area (Å²) < 4.78 is 0. The minimum absolute atomic E-state index is 0. The van der Waals surface area contributed by atoms with Gasteiger partial charge in [-0.25, -0.2) is 0 Å². The van der Waals surface area contributed by atoms with E-state index in [-0.39, 0.29) is 63.9 Å². The van der Waals surface area contributed by atoms with Gasteiger partial charge in [0.25, 0.3) is 0 Å². The molecule has 0 aliphatic carbocycles. The zero-order chi connectivity index (χ0) is 0. The van der Waals surface area contributed by atoms with E-state index in [9.17, 15) is 0 Å². The number of hydrogen-bond donors (Lipinski definition) is 0. The van der Waals surface area contributed by atoms with Crippen LogP contribution in [0.2, 0.25) is 0 Å². The Labute approximate surface area is 63.9 Å². The maximum absolute atomic E-state index is 0. The van der Waals surface area contributed by atoms with Crippen LogP contribution in [0.15, 0.2) is 0 Å². The van der Waals surface area contributed by atoms with E-state index in [2.05, 4.69) is 0 Å². The average Bonchev–Trinajstić information content (AvgIpc) is 0. The molecule has 0 N–H and O–H groups in total. The van der Waals surface area contributed by atoms with Crippen LogP contribution in [-0.2, 0) is 0 Å². The Morgan fingerprint density at radius 1 is 0.400 bits per heavy atom. The summed E-state index contributed by atoms with van der Waals surface area (Å²) in [4.78, 5) is 0. The number of hydrogen-bond acceptors (Lipinski definition) is 0. The van der Waals surface area contributed by atoms with Crippen molar-refractivity contribution in [3.63, 3.8) is 0 Å². The Morgan fingerprint density at radius 3 is 0.400 bits per heavy atom. The standard InChI is InChI=1S/Am.4ClH/h;4*1H/q+4;;;;/p-4. The summed E-state index contributed by atoms with van der Waals surface area (Å²) in [5.41, 5.74) is 0. The van der Waals surface area contributed by atoms with Crippen LogP contribution in [-0.4, -0.2) is 0 Å². The second-order valence-electron chi connectivity index (χ2n) is 0. The van der Waals surface area contributed by atoms with E-state index < -0.39 is 0 Å². The Bertz CT molecular complexity index is 3.61. The van der Waals surface area contributed by atoms with Gasteiger partial charge in [-0.1, -0.05) is 0 Å². The molecule has 0 spiro atoms. The van der Waals surface area contributed by atoms with Crippen molar-refractivity contribution < 1.29 is 63.9 Å². The summed E-state index contributed by atoms with van der Waals surface area (Å²) in [6, 6.07) is 0. The summed E-state index contributed by atoms with van der Waals surface area (Å²) in [5.74, 6) is 0. The first-order valence-electron chi connectivity index (χ1n) is 0. The Balaban J connectivity index is 0. The van der Waals surface area contributed by atoms with Crippen LogP contribution in [0.25, 0.3) is 0 Å². The zero-order valence-corrected chi connectivity index (χ0v) is 8.06. The van der Waals surface area contributed by atoms with Gasteiger partial charge < -0.3 is 49.6 Å². The molecule has 0 aromatic carbocycles. The normalized spacial score (nSPS) is 0. The van der Waals surface area contributed by atoms with Crippen LogP contribution in [0.4, 0.5) is 0 Å². The molecule has 0 heterocycles. The van der Waals surface area contributed by atoms with Crippen LogP contribution in [0.3, 0.4) is 0 Å². The van der Waals surface area contributed by atoms with Gasteiger partial charge in [0.15, 0.2) is 0 Å². The number of rotatable bonds is 0. The van der Waals surface area contributed by atoms with Crippen LogP contribution < -0.4 is 49.6 Å². The fourth-order valence-electron chi connectivity index (χ4n) is 0. The second kappa shape index (κ2) is 47.8. The third-order valence-electron chi connectivity index (χ3n) is 0. The van der Waals surface area contributed by atoms with Crippen molar-refractivity contribution in [1.82, 2.24) is 0 Å². The molecule has 0 atom stereocenters. The van der Waals surface area contributed by atoms with Crippen molar-refractivity contribution in [2.24, 2.45) is 0 Å². The smallest absolute Gasteiger partial charge is 1.00 e. The SMILES string of the molecule is [Am+4].[Cl-].[Cl-].[Cl-].[Cl-]. The molecule has 0 saturated heterocycles. The topological polar surface area (TPSA) is 0 Å². The maximum Gasteiger partial charge on any atom is 4.00 e.